The molecule has 27 heavy (non-hydrogen) atoms. The standard InChI is InChI=1S/C23H29ClFNO/c1-26(2)22(19-10-3-4-12-21(19)25)20-11-5-6-14-23(20,27)15-13-17-8-7-9-18(24)16-17/h3-4,7-10,12,16,20,22,27H,5-6,11,13-15H2,1-2H3. The van der Waals surface area contributed by atoms with Gasteiger partial charge in [0, 0.05) is 22.5 Å². The van der Waals surface area contributed by atoms with Gasteiger partial charge in [-0.05, 0) is 63.5 Å². The Morgan fingerprint density at radius 3 is 2.67 bits per heavy atom. The Morgan fingerprint density at radius 1 is 1.19 bits per heavy atom. The van der Waals surface area contributed by atoms with Gasteiger partial charge in [-0.25, -0.2) is 4.39 Å². The van der Waals surface area contributed by atoms with E-state index in [9.17, 15) is 9.50 Å². The minimum absolute atomic E-state index is 0.00247. The predicted octanol–water partition coefficient (Wildman–Crippen LogP) is 5.64. The number of aryl methyl sites for hydroxylation is 1. The minimum Gasteiger partial charge on any atom is -0.390 e. The molecule has 0 radical (unpaired) electrons. The number of aliphatic hydroxyl groups is 1. The molecular weight excluding hydrogens is 361 g/mol. The third kappa shape index (κ3) is 4.71. The average Bonchev–Trinajstić information content (AvgIpc) is 2.63. The first-order chi connectivity index (χ1) is 12.9. The van der Waals surface area contributed by atoms with Gasteiger partial charge in [-0.3, -0.25) is 0 Å². The molecule has 0 aromatic heterocycles. The summed E-state index contributed by atoms with van der Waals surface area (Å²) < 4.78 is 14.6. The smallest absolute Gasteiger partial charge is 0.127 e. The lowest BCUT2D eigenvalue weighted by atomic mass is 9.67. The zero-order chi connectivity index (χ0) is 19.4. The van der Waals surface area contributed by atoms with Gasteiger partial charge in [0.15, 0.2) is 0 Å². The van der Waals surface area contributed by atoms with E-state index in [1.807, 2.05) is 50.5 Å². The number of benzene rings is 2. The molecule has 3 atom stereocenters. The van der Waals surface area contributed by atoms with Crippen molar-refractivity contribution in [3.63, 3.8) is 0 Å². The van der Waals surface area contributed by atoms with Crippen LogP contribution in [0.4, 0.5) is 4.39 Å². The van der Waals surface area contributed by atoms with Gasteiger partial charge in [0.25, 0.3) is 0 Å². The summed E-state index contributed by atoms with van der Waals surface area (Å²) >= 11 is 6.11. The van der Waals surface area contributed by atoms with Crippen molar-refractivity contribution in [3.05, 3.63) is 70.5 Å². The van der Waals surface area contributed by atoms with Crippen LogP contribution in [0.1, 0.15) is 49.3 Å². The maximum atomic E-state index is 14.6. The van der Waals surface area contributed by atoms with E-state index in [1.165, 1.54) is 6.07 Å². The summed E-state index contributed by atoms with van der Waals surface area (Å²) in [7, 11) is 3.95. The molecule has 0 heterocycles. The fraction of sp³-hybridized carbons (Fsp3) is 0.478. The second-order valence-electron chi connectivity index (χ2n) is 8.02. The maximum absolute atomic E-state index is 14.6. The van der Waals surface area contributed by atoms with Crippen molar-refractivity contribution in [3.8, 4) is 0 Å². The van der Waals surface area contributed by atoms with Crippen LogP contribution in [-0.4, -0.2) is 29.7 Å². The van der Waals surface area contributed by atoms with Crippen molar-refractivity contribution in [1.29, 1.82) is 0 Å². The number of rotatable bonds is 6. The van der Waals surface area contributed by atoms with E-state index in [0.717, 1.165) is 42.7 Å². The minimum atomic E-state index is -0.808. The van der Waals surface area contributed by atoms with Crippen molar-refractivity contribution in [2.45, 2.75) is 50.2 Å². The van der Waals surface area contributed by atoms with Gasteiger partial charge in [-0.15, -0.1) is 0 Å². The van der Waals surface area contributed by atoms with Gasteiger partial charge in [-0.1, -0.05) is 54.8 Å². The molecule has 1 aliphatic rings. The quantitative estimate of drug-likeness (QED) is 0.691. The van der Waals surface area contributed by atoms with Gasteiger partial charge >= 0.3 is 0 Å². The van der Waals surface area contributed by atoms with Crippen molar-refractivity contribution >= 4 is 11.6 Å². The lowest BCUT2D eigenvalue weighted by Gasteiger charge is -2.46. The Kier molecular flexibility index (Phi) is 6.56. The monoisotopic (exact) mass is 389 g/mol. The fourth-order valence-corrected chi connectivity index (χ4v) is 4.85. The van der Waals surface area contributed by atoms with Crippen molar-refractivity contribution < 1.29 is 9.50 Å². The Labute approximate surface area is 167 Å². The number of hydrogen-bond acceptors (Lipinski definition) is 2. The van der Waals surface area contributed by atoms with Crippen molar-refractivity contribution in [2.24, 2.45) is 5.92 Å². The van der Waals surface area contributed by atoms with Crippen molar-refractivity contribution in [1.82, 2.24) is 4.90 Å². The molecule has 2 nitrogen and oxygen atoms in total. The van der Waals surface area contributed by atoms with Crippen LogP contribution < -0.4 is 0 Å². The molecule has 1 N–H and O–H groups in total. The van der Waals surface area contributed by atoms with E-state index in [0.29, 0.717) is 12.0 Å². The zero-order valence-electron chi connectivity index (χ0n) is 16.2. The largest absolute Gasteiger partial charge is 0.390 e. The lowest BCUT2D eigenvalue weighted by Crippen LogP contribution is -2.47. The molecule has 0 saturated heterocycles. The molecular formula is C23H29ClFNO. The molecule has 0 spiro atoms. The summed E-state index contributed by atoms with van der Waals surface area (Å²) in [6.45, 7) is 0. The number of nitrogens with zero attached hydrogens (tertiary/aromatic N) is 1. The van der Waals surface area contributed by atoms with E-state index in [-0.39, 0.29) is 17.8 Å². The highest BCUT2D eigenvalue weighted by Crippen LogP contribution is 2.46. The molecule has 2 aromatic rings. The zero-order valence-corrected chi connectivity index (χ0v) is 16.9. The van der Waals surface area contributed by atoms with Crippen LogP contribution >= 0.6 is 11.6 Å². The Morgan fingerprint density at radius 2 is 1.96 bits per heavy atom. The third-order valence-corrected chi connectivity index (χ3v) is 6.20. The van der Waals surface area contributed by atoms with Crippen molar-refractivity contribution in [2.75, 3.05) is 14.1 Å². The highest BCUT2D eigenvalue weighted by molar-refractivity contribution is 6.30. The Hall–Kier alpha value is -1.42. The SMILES string of the molecule is CN(C)C(c1ccccc1F)C1CCCCC1(O)CCc1cccc(Cl)c1. The summed E-state index contributed by atoms with van der Waals surface area (Å²) in [5, 5.41) is 12.4. The summed E-state index contributed by atoms with van der Waals surface area (Å²) in [4.78, 5) is 2.05. The van der Waals surface area contributed by atoms with Gasteiger partial charge in [0.1, 0.15) is 5.82 Å². The molecule has 0 amide bonds. The maximum Gasteiger partial charge on any atom is 0.127 e. The fourth-order valence-electron chi connectivity index (χ4n) is 4.63. The second kappa shape index (κ2) is 8.72. The lowest BCUT2D eigenvalue weighted by molar-refractivity contribution is -0.0833. The third-order valence-electron chi connectivity index (χ3n) is 5.96. The Bertz CT molecular complexity index is 766. The topological polar surface area (TPSA) is 23.5 Å². The average molecular weight is 390 g/mol. The molecule has 3 unspecified atom stereocenters. The van der Waals surface area contributed by atoms with Crippen LogP contribution in [0.3, 0.4) is 0 Å². The first-order valence-electron chi connectivity index (χ1n) is 9.78. The molecule has 2 aromatic carbocycles. The molecule has 1 fully saturated rings. The van der Waals surface area contributed by atoms with Gasteiger partial charge in [-0.2, -0.15) is 0 Å². The summed E-state index contributed by atoms with van der Waals surface area (Å²) in [6.07, 6.45) is 5.19. The van der Waals surface area contributed by atoms with Gasteiger partial charge in [0.2, 0.25) is 0 Å². The van der Waals surface area contributed by atoms with E-state index in [2.05, 4.69) is 4.90 Å². The van der Waals surface area contributed by atoms with Crippen LogP contribution in [0, 0.1) is 11.7 Å². The highest BCUT2D eigenvalue weighted by atomic mass is 35.5. The van der Waals surface area contributed by atoms with E-state index in [4.69, 9.17) is 11.6 Å². The molecule has 3 rings (SSSR count). The normalized spacial score (nSPS) is 24.1. The van der Waals surface area contributed by atoms with Crippen LogP contribution in [0.15, 0.2) is 48.5 Å². The molecule has 4 heteroatoms. The van der Waals surface area contributed by atoms with Crippen LogP contribution in [0.2, 0.25) is 5.02 Å². The summed E-state index contributed by atoms with van der Waals surface area (Å²) in [5.41, 5.74) is 1.00. The van der Waals surface area contributed by atoms with Gasteiger partial charge < -0.3 is 10.0 Å². The molecule has 0 bridgehead atoms. The molecule has 0 aliphatic heterocycles. The van der Waals surface area contributed by atoms with E-state index < -0.39 is 5.60 Å². The molecule has 146 valence electrons. The molecule has 1 saturated carbocycles. The predicted molar refractivity (Wildman–Crippen MR) is 110 cm³/mol. The first-order valence-corrected chi connectivity index (χ1v) is 10.2. The van der Waals surface area contributed by atoms with Gasteiger partial charge in [0.05, 0.1) is 5.60 Å². The van der Waals surface area contributed by atoms with Crippen LogP contribution in [0.25, 0.3) is 0 Å². The van der Waals surface area contributed by atoms with E-state index in [1.54, 1.807) is 6.07 Å². The highest BCUT2D eigenvalue weighted by Gasteiger charge is 2.44. The summed E-state index contributed by atoms with van der Waals surface area (Å²) in [6, 6.07) is 14.6. The Balaban J connectivity index is 1.87. The second-order valence-corrected chi connectivity index (χ2v) is 8.45. The number of hydrogen-bond donors (Lipinski definition) is 1. The van der Waals surface area contributed by atoms with Crippen LogP contribution in [0.5, 0.6) is 0 Å². The first kappa shape index (κ1) is 20.3. The van der Waals surface area contributed by atoms with Crippen LogP contribution in [-0.2, 0) is 6.42 Å². The molecule has 1 aliphatic carbocycles. The summed E-state index contributed by atoms with van der Waals surface area (Å²) in [5.74, 6) is -0.198. The van der Waals surface area contributed by atoms with E-state index >= 15 is 0 Å². The number of halogens is 2.